The van der Waals surface area contributed by atoms with Crippen LogP contribution in [0.4, 0.5) is 0 Å². The molecule has 0 bridgehead atoms. The Morgan fingerprint density at radius 3 is 2.50 bits per heavy atom. The highest BCUT2D eigenvalue weighted by atomic mass is 127. The van der Waals surface area contributed by atoms with Gasteiger partial charge in [0.2, 0.25) is 0 Å². The van der Waals surface area contributed by atoms with E-state index in [1.54, 1.807) is 0 Å². The molecule has 0 aromatic carbocycles. The molecule has 3 rings (SSSR count). The van der Waals surface area contributed by atoms with Crippen LogP contribution in [0.5, 0.6) is 0 Å². The first-order valence-electron chi connectivity index (χ1n) is 7.74. The third-order valence-electron chi connectivity index (χ3n) is 5.31. The van der Waals surface area contributed by atoms with Gasteiger partial charge in [0.25, 0.3) is 0 Å². The van der Waals surface area contributed by atoms with Crippen molar-refractivity contribution in [3.63, 3.8) is 0 Å². The fourth-order valence-corrected chi connectivity index (χ4v) is 4.20. The summed E-state index contributed by atoms with van der Waals surface area (Å²) in [5.74, 6) is 1.65. The van der Waals surface area contributed by atoms with Gasteiger partial charge >= 0.3 is 0 Å². The standard InChI is InChI=1S/C15H27N3O.HI/c1-15(2)12(11-8-9-19-13(11)15)18-14(16-3)17-10-6-4-5-7-10;/h10-13H,4-9H2,1-3H3,(H2,16,17,18);1H. The Hall–Kier alpha value is -0.0400. The van der Waals surface area contributed by atoms with Gasteiger partial charge in [-0.2, -0.15) is 0 Å². The summed E-state index contributed by atoms with van der Waals surface area (Å²) in [5, 5.41) is 7.23. The van der Waals surface area contributed by atoms with Crippen molar-refractivity contribution < 1.29 is 4.74 Å². The molecule has 2 saturated carbocycles. The normalized spacial score (nSPS) is 36.0. The number of aliphatic imine (C=N–C) groups is 1. The van der Waals surface area contributed by atoms with Crippen LogP contribution in [0.2, 0.25) is 0 Å². The van der Waals surface area contributed by atoms with Gasteiger partial charge in [-0.25, -0.2) is 0 Å². The molecule has 0 aromatic heterocycles. The summed E-state index contributed by atoms with van der Waals surface area (Å²) >= 11 is 0. The molecule has 0 aromatic rings. The molecule has 1 aliphatic heterocycles. The molecule has 4 nitrogen and oxygen atoms in total. The third-order valence-corrected chi connectivity index (χ3v) is 5.31. The maximum atomic E-state index is 5.85. The van der Waals surface area contributed by atoms with Crippen LogP contribution in [0.15, 0.2) is 4.99 Å². The van der Waals surface area contributed by atoms with E-state index in [2.05, 4.69) is 29.5 Å². The number of ether oxygens (including phenoxy) is 1. The monoisotopic (exact) mass is 393 g/mol. The Bertz CT molecular complexity index is 366. The summed E-state index contributed by atoms with van der Waals surface area (Å²) in [5.41, 5.74) is 0.217. The van der Waals surface area contributed by atoms with Crippen molar-refractivity contribution in [3.8, 4) is 0 Å². The summed E-state index contributed by atoms with van der Waals surface area (Å²) in [7, 11) is 1.87. The van der Waals surface area contributed by atoms with Crippen LogP contribution >= 0.6 is 24.0 Å². The largest absolute Gasteiger partial charge is 0.377 e. The van der Waals surface area contributed by atoms with Gasteiger partial charge in [0.15, 0.2) is 5.96 Å². The van der Waals surface area contributed by atoms with Gasteiger partial charge in [-0.05, 0) is 19.3 Å². The molecule has 5 heteroatoms. The summed E-state index contributed by atoms with van der Waals surface area (Å²) in [6.07, 6.45) is 6.89. The highest BCUT2D eigenvalue weighted by molar-refractivity contribution is 14.0. The maximum Gasteiger partial charge on any atom is 0.191 e. The quantitative estimate of drug-likeness (QED) is 0.431. The molecule has 2 N–H and O–H groups in total. The van der Waals surface area contributed by atoms with E-state index in [4.69, 9.17) is 4.74 Å². The summed E-state index contributed by atoms with van der Waals surface area (Å²) in [6.45, 7) is 5.53. The van der Waals surface area contributed by atoms with Crippen molar-refractivity contribution >= 4 is 29.9 Å². The van der Waals surface area contributed by atoms with Crippen molar-refractivity contribution in [2.45, 2.75) is 64.1 Å². The zero-order valence-corrected chi connectivity index (χ0v) is 15.1. The molecule has 2 aliphatic carbocycles. The minimum absolute atomic E-state index is 0. The fraction of sp³-hybridized carbons (Fsp3) is 0.933. The SMILES string of the molecule is CN=C(NC1CCCC1)NC1C2CCOC2C1(C)C.I. The number of guanidine groups is 1. The Morgan fingerprint density at radius 1 is 1.15 bits per heavy atom. The zero-order valence-electron chi connectivity index (χ0n) is 12.8. The minimum atomic E-state index is 0. The summed E-state index contributed by atoms with van der Waals surface area (Å²) in [4.78, 5) is 4.41. The second-order valence-electron chi connectivity index (χ2n) is 6.89. The van der Waals surface area contributed by atoms with Crippen molar-refractivity contribution in [1.82, 2.24) is 10.6 Å². The number of halogens is 1. The fourth-order valence-electron chi connectivity index (χ4n) is 4.20. The van der Waals surface area contributed by atoms with Gasteiger partial charge in [0.1, 0.15) is 0 Å². The van der Waals surface area contributed by atoms with E-state index in [0.717, 1.165) is 12.6 Å². The molecule has 3 aliphatic rings. The van der Waals surface area contributed by atoms with Crippen LogP contribution in [0.3, 0.4) is 0 Å². The summed E-state index contributed by atoms with van der Waals surface area (Å²) < 4.78 is 5.85. The highest BCUT2D eigenvalue weighted by Gasteiger charge is 2.59. The summed E-state index contributed by atoms with van der Waals surface area (Å²) in [6, 6.07) is 1.11. The molecule has 3 unspecified atom stereocenters. The molecular formula is C15H28IN3O. The lowest BCUT2D eigenvalue weighted by atomic mass is 9.57. The van der Waals surface area contributed by atoms with Crippen LogP contribution < -0.4 is 10.6 Å². The molecule has 20 heavy (non-hydrogen) atoms. The number of nitrogens with one attached hydrogen (secondary N) is 2. The molecule has 3 fully saturated rings. The van der Waals surface area contributed by atoms with E-state index in [1.807, 2.05) is 7.05 Å². The number of rotatable bonds is 2. The Labute approximate surface area is 139 Å². The van der Waals surface area contributed by atoms with Crippen LogP contribution in [0.25, 0.3) is 0 Å². The Balaban J connectivity index is 0.00000147. The van der Waals surface area contributed by atoms with Crippen molar-refractivity contribution in [1.29, 1.82) is 0 Å². The topological polar surface area (TPSA) is 45.7 Å². The molecule has 0 amide bonds. The van der Waals surface area contributed by atoms with E-state index >= 15 is 0 Å². The molecule has 0 spiro atoms. The number of fused-ring (bicyclic) bond motifs is 1. The van der Waals surface area contributed by atoms with Gasteiger partial charge in [0, 0.05) is 37.1 Å². The van der Waals surface area contributed by atoms with E-state index in [-0.39, 0.29) is 29.4 Å². The van der Waals surface area contributed by atoms with Gasteiger partial charge in [0.05, 0.1) is 6.10 Å². The van der Waals surface area contributed by atoms with Gasteiger partial charge in [-0.1, -0.05) is 26.7 Å². The first-order valence-corrected chi connectivity index (χ1v) is 7.74. The van der Waals surface area contributed by atoms with E-state index < -0.39 is 0 Å². The van der Waals surface area contributed by atoms with E-state index in [1.165, 1.54) is 32.1 Å². The Morgan fingerprint density at radius 2 is 1.85 bits per heavy atom. The average molecular weight is 393 g/mol. The smallest absolute Gasteiger partial charge is 0.191 e. The van der Waals surface area contributed by atoms with E-state index in [0.29, 0.717) is 24.1 Å². The molecule has 1 saturated heterocycles. The predicted octanol–water partition coefficient (Wildman–Crippen LogP) is 2.53. The van der Waals surface area contributed by atoms with Crippen molar-refractivity contribution in [2.75, 3.05) is 13.7 Å². The first kappa shape index (κ1) is 16.3. The lowest BCUT2D eigenvalue weighted by Crippen LogP contribution is -2.68. The second-order valence-corrected chi connectivity index (χ2v) is 6.89. The van der Waals surface area contributed by atoms with Crippen LogP contribution in [-0.4, -0.2) is 37.8 Å². The van der Waals surface area contributed by atoms with Crippen LogP contribution in [0, 0.1) is 11.3 Å². The maximum absolute atomic E-state index is 5.85. The molecular weight excluding hydrogens is 365 g/mol. The lowest BCUT2D eigenvalue weighted by Gasteiger charge is -2.55. The molecule has 0 radical (unpaired) electrons. The third kappa shape index (κ3) is 2.80. The number of hydrogen-bond acceptors (Lipinski definition) is 2. The second kappa shape index (κ2) is 6.38. The molecule has 3 atom stereocenters. The highest BCUT2D eigenvalue weighted by Crippen LogP contribution is 2.52. The van der Waals surface area contributed by atoms with E-state index in [9.17, 15) is 0 Å². The number of hydrogen-bond donors (Lipinski definition) is 2. The molecule has 116 valence electrons. The average Bonchev–Trinajstić information content (AvgIpc) is 3.04. The molecule has 1 heterocycles. The lowest BCUT2D eigenvalue weighted by molar-refractivity contribution is -0.106. The predicted molar refractivity (Wildman–Crippen MR) is 92.7 cm³/mol. The minimum Gasteiger partial charge on any atom is -0.377 e. The Kier molecular flexibility index (Phi) is 5.21. The number of nitrogens with zero attached hydrogens (tertiary/aromatic N) is 1. The van der Waals surface area contributed by atoms with Crippen molar-refractivity contribution in [2.24, 2.45) is 16.3 Å². The zero-order chi connectivity index (χ0) is 13.5. The van der Waals surface area contributed by atoms with Gasteiger partial charge < -0.3 is 15.4 Å². The first-order chi connectivity index (χ1) is 9.13. The van der Waals surface area contributed by atoms with Crippen LogP contribution in [0.1, 0.15) is 46.0 Å². The van der Waals surface area contributed by atoms with Gasteiger partial charge in [-0.15, -0.1) is 24.0 Å². The van der Waals surface area contributed by atoms with Crippen molar-refractivity contribution in [3.05, 3.63) is 0 Å². The van der Waals surface area contributed by atoms with Crippen LogP contribution in [-0.2, 0) is 4.74 Å². The van der Waals surface area contributed by atoms with Gasteiger partial charge in [-0.3, -0.25) is 4.99 Å².